The van der Waals surface area contributed by atoms with Gasteiger partial charge < -0.3 is 10.2 Å². The van der Waals surface area contributed by atoms with Crippen LogP contribution in [0.15, 0.2) is 59.3 Å². The molecule has 1 N–H and O–H groups in total. The van der Waals surface area contributed by atoms with Crippen molar-refractivity contribution in [3.8, 4) is 17.1 Å². The maximum absolute atomic E-state index is 14.7. The fourth-order valence-corrected chi connectivity index (χ4v) is 5.85. The number of rotatable bonds is 9. The zero-order valence-corrected chi connectivity index (χ0v) is 21.3. The molecule has 1 fully saturated rings. The lowest BCUT2D eigenvalue weighted by Gasteiger charge is -2.26. The number of benzene rings is 1. The molecule has 1 aliphatic heterocycles. The van der Waals surface area contributed by atoms with Crippen LogP contribution in [-0.4, -0.2) is 61.7 Å². The number of thioether (sulfide) groups is 1. The van der Waals surface area contributed by atoms with E-state index in [4.69, 9.17) is 0 Å². The third kappa shape index (κ3) is 5.80. The molecule has 4 aromatic rings. The summed E-state index contributed by atoms with van der Waals surface area (Å²) in [4.78, 5) is 23.5. The molecule has 0 spiro atoms. The number of aromatic nitrogens is 5. The number of hydrogen-bond acceptors (Lipinski definition) is 8. The maximum Gasteiger partial charge on any atom is 0.270 e. The highest BCUT2D eigenvalue weighted by Gasteiger charge is 2.20. The van der Waals surface area contributed by atoms with E-state index in [1.54, 1.807) is 40.5 Å². The van der Waals surface area contributed by atoms with E-state index in [-0.39, 0.29) is 11.7 Å². The Kier molecular flexibility index (Phi) is 7.99. The van der Waals surface area contributed by atoms with E-state index < -0.39 is 0 Å². The fraction of sp³-hybridized carbons (Fsp3) is 0.320. The second-order valence-electron chi connectivity index (χ2n) is 8.40. The summed E-state index contributed by atoms with van der Waals surface area (Å²) in [5.41, 5.74) is 1.57. The largest absolute Gasteiger partial charge is 0.349 e. The molecule has 3 aromatic heterocycles. The van der Waals surface area contributed by atoms with Crippen LogP contribution < -0.4 is 5.32 Å². The molecule has 186 valence electrons. The highest BCUT2D eigenvalue weighted by atomic mass is 32.2. The number of carbonyl (C=O) groups excluding carboxylic acids is 1. The van der Waals surface area contributed by atoms with Gasteiger partial charge in [-0.25, -0.2) is 9.37 Å². The van der Waals surface area contributed by atoms with Gasteiger partial charge >= 0.3 is 0 Å². The molecule has 0 radical (unpaired) electrons. The molecule has 0 aliphatic carbocycles. The summed E-state index contributed by atoms with van der Waals surface area (Å²) in [5.74, 6) is 0.480. The van der Waals surface area contributed by atoms with Crippen LogP contribution in [-0.2, 0) is 5.75 Å². The zero-order chi connectivity index (χ0) is 24.7. The minimum Gasteiger partial charge on any atom is -0.349 e. The number of halogens is 1. The van der Waals surface area contributed by atoms with E-state index in [0.29, 0.717) is 34.7 Å². The quantitative estimate of drug-likeness (QED) is 0.325. The van der Waals surface area contributed by atoms with E-state index in [2.05, 4.69) is 30.4 Å². The van der Waals surface area contributed by atoms with Crippen LogP contribution in [0.25, 0.3) is 17.1 Å². The summed E-state index contributed by atoms with van der Waals surface area (Å²) in [5, 5.41) is 14.7. The van der Waals surface area contributed by atoms with Crippen molar-refractivity contribution < 1.29 is 9.18 Å². The third-order valence-electron chi connectivity index (χ3n) is 5.94. The first kappa shape index (κ1) is 24.5. The Hall–Kier alpha value is -3.15. The molecule has 5 rings (SSSR count). The Morgan fingerprint density at radius 2 is 1.89 bits per heavy atom. The first-order valence-corrected chi connectivity index (χ1v) is 13.7. The van der Waals surface area contributed by atoms with Gasteiger partial charge in [-0.15, -0.1) is 21.5 Å². The van der Waals surface area contributed by atoms with E-state index in [1.807, 2.05) is 12.1 Å². The lowest BCUT2D eigenvalue weighted by molar-refractivity contribution is 0.0942. The van der Waals surface area contributed by atoms with Crippen molar-refractivity contribution >= 4 is 29.0 Å². The van der Waals surface area contributed by atoms with Crippen LogP contribution in [0.1, 0.15) is 34.8 Å². The number of carbonyl (C=O) groups is 1. The Balaban J connectivity index is 1.26. The Morgan fingerprint density at radius 3 is 2.69 bits per heavy atom. The van der Waals surface area contributed by atoms with Crippen LogP contribution in [0.3, 0.4) is 0 Å². The molecule has 1 saturated heterocycles. The molecule has 0 unspecified atom stereocenters. The maximum atomic E-state index is 14.7. The van der Waals surface area contributed by atoms with Gasteiger partial charge in [0.1, 0.15) is 16.5 Å². The van der Waals surface area contributed by atoms with Crippen LogP contribution in [0.5, 0.6) is 0 Å². The fourth-order valence-electron chi connectivity index (χ4n) is 4.11. The third-order valence-corrected chi connectivity index (χ3v) is 7.91. The number of thiazole rings is 1. The van der Waals surface area contributed by atoms with Crippen LogP contribution in [0.2, 0.25) is 0 Å². The van der Waals surface area contributed by atoms with Crippen molar-refractivity contribution in [1.29, 1.82) is 0 Å². The van der Waals surface area contributed by atoms with Gasteiger partial charge in [0.2, 0.25) is 0 Å². The highest BCUT2D eigenvalue weighted by molar-refractivity contribution is 7.98. The van der Waals surface area contributed by atoms with Gasteiger partial charge in [-0.2, -0.15) is 0 Å². The SMILES string of the molecule is O=C(NCCN1CCCCC1)c1csc(CSc2nnc(-c3ccncc3)n2-c2ccccc2F)n1. The molecular formula is C25H26FN7OS2. The van der Waals surface area contributed by atoms with Crippen LogP contribution >= 0.6 is 23.1 Å². The van der Waals surface area contributed by atoms with Gasteiger partial charge in [0.05, 0.1) is 11.4 Å². The van der Waals surface area contributed by atoms with Gasteiger partial charge in [-0.3, -0.25) is 14.3 Å². The van der Waals surface area contributed by atoms with Gasteiger partial charge in [-0.1, -0.05) is 30.3 Å². The van der Waals surface area contributed by atoms with Crippen LogP contribution in [0, 0.1) is 5.82 Å². The lowest BCUT2D eigenvalue weighted by Crippen LogP contribution is -2.37. The summed E-state index contributed by atoms with van der Waals surface area (Å²) in [6.07, 6.45) is 7.09. The standard InChI is InChI=1S/C25H26FN7OS2/c26-19-6-2-3-7-21(19)33-23(18-8-10-27-11-9-18)30-31-25(33)36-17-22-29-20(16-35-22)24(34)28-12-15-32-13-4-1-5-14-32/h2-3,6-11,16H,1,4-5,12-15,17H2,(H,28,34). The number of nitrogens with zero attached hydrogens (tertiary/aromatic N) is 6. The molecule has 0 bridgehead atoms. The van der Waals surface area contributed by atoms with Gasteiger partial charge in [0.25, 0.3) is 5.91 Å². The summed E-state index contributed by atoms with van der Waals surface area (Å²) in [6.45, 7) is 3.69. The Bertz CT molecular complexity index is 1300. The average molecular weight is 524 g/mol. The summed E-state index contributed by atoms with van der Waals surface area (Å²) < 4.78 is 16.5. The molecule has 4 heterocycles. The Morgan fingerprint density at radius 1 is 1.08 bits per heavy atom. The van der Waals surface area contributed by atoms with E-state index in [1.165, 1.54) is 48.4 Å². The predicted molar refractivity (Wildman–Crippen MR) is 139 cm³/mol. The average Bonchev–Trinajstić information content (AvgIpc) is 3.56. The van der Waals surface area contributed by atoms with Crippen molar-refractivity contribution in [1.82, 2.24) is 34.9 Å². The summed E-state index contributed by atoms with van der Waals surface area (Å²) in [7, 11) is 0. The highest BCUT2D eigenvalue weighted by Crippen LogP contribution is 2.31. The normalized spacial score (nSPS) is 14.1. The van der Waals surface area contributed by atoms with Crippen molar-refractivity contribution in [2.24, 2.45) is 0 Å². The summed E-state index contributed by atoms with van der Waals surface area (Å²) in [6, 6.07) is 10.2. The molecule has 0 atom stereocenters. The molecule has 8 nitrogen and oxygen atoms in total. The molecular weight excluding hydrogens is 497 g/mol. The number of pyridine rings is 1. The number of amides is 1. The predicted octanol–water partition coefficient (Wildman–Crippen LogP) is 4.43. The van der Waals surface area contributed by atoms with Gasteiger partial charge in [0, 0.05) is 36.4 Å². The molecule has 1 aliphatic rings. The lowest BCUT2D eigenvalue weighted by atomic mass is 10.1. The number of hydrogen-bond donors (Lipinski definition) is 1. The van der Waals surface area contributed by atoms with Gasteiger partial charge in [0.15, 0.2) is 11.0 Å². The molecule has 1 aromatic carbocycles. The van der Waals surface area contributed by atoms with E-state index in [9.17, 15) is 9.18 Å². The molecule has 0 saturated carbocycles. The Labute approximate surface area is 217 Å². The van der Waals surface area contributed by atoms with Crippen molar-refractivity contribution in [3.63, 3.8) is 0 Å². The smallest absolute Gasteiger partial charge is 0.270 e. The minimum atomic E-state index is -0.368. The second kappa shape index (κ2) is 11.7. The number of para-hydroxylation sites is 1. The van der Waals surface area contributed by atoms with Crippen molar-refractivity contribution in [2.45, 2.75) is 30.2 Å². The first-order valence-electron chi connectivity index (χ1n) is 11.9. The molecule has 11 heteroatoms. The monoisotopic (exact) mass is 523 g/mol. The topological polar surface area (TPSA) is 88.8 Å². The van der Waals surface area contributed by atoms with E-state index >= 15 is 0 Å². The van der Waals surface area contributed by atoms with E-state index in [0.717, 1.165) is 30.2 Å². The second-order valence-corrected chi connectivity index (χ2v) is 10.3. The molecule has 36 heavy (non-hydrogen) atoms. The van der Waals surface area contributed by atoms with Crippen molar-refractivity contribution in [3.05, 3.63) is 70.7 Å². The minimum absolute atomic E-state index is 0.158. The number of nitrogens with one attached hydrogen (secondary N) is 1. The van der Waals surface area contributed by atoms with Gasteiger partial charge in [-0.05, 0) is 50.2 Å². The summed E-state index contributed by atoms with van der Waals surface area (Å²) >= 11 is 2.82. The van der Waals surface area contributed by atoms with Crippen LogP contribution in [0.4, 0.5) is 4.39 Å². The molecule has 1 amide bonds. The zero-order valence-electron chi connectivity index (χ0n) is 19.6. The van der Waals surface area contributed by atoms with Crippen molar-refractivity contribution in [2.75, 3.05) is 26.2 Å². The number of likely N-dealkylation sites (tertiary alicyclic amines) is 1. The first-order chi connectivity index (χ1) is 17.7. The number of piperidine rings is 1.